The maximum atomic E-state index is 14.5. The minimum Gasteiger partial charge on any atom is -0.311 e. The van der Waals surface area contributed by atoms with Crippen molar-refractivity contribution < 1.29 is 13.6 Å². The minimum absolute atomic E-state index is 0.106. The summed E-state index contributed by atoms with van der Waals surface area (Å²) in [6.07, 6.45) is 1.36. The molecule has 2 bridgehead atoms. The summed E-state index contributed by atoms with van der Waals surface area (Å²) in [6, 6.07) is 13.4. The second-order valence-corrected chi connectivity index (χ2v) is 9.01. The highest BCUT2D eigenvalue weighted by molar-refractivity contribution is 6.04. The average Bonchev–Trinajstić information content (AvgIpc) is 3.50. The van der Waals surface area contributed by atoms with Crippen molar-refractivity contribution in [1.29, 1.82) is 0 Å². The van der Waals surface area contributed by atoms with Gasteiger partial charge in [-0.2, -0.15) is 5.10 Å². The lowest BCUT2D eigenvalue weighted by Crippen LogP contribution is -2.55. The van der Waals surface area contributed by atoms with Crippen LogP contribution in [0.2, 0.25) is 0 Å². The summed E-state index contributed by atoms with van der Waals surface area (Å²) in [7, 11) is 0. The highest BCUT2D eigenvalue weighted by atomic mass is 19.1. The van der Waals surface area contributed by atoms with E-state index < -0.39 is 17.2 Å². The van der Waals surface area contributed by atoms with E-state index in [1.807, 2.05) is 44.2 Å². The second kappa shape index (κ2) is 7.50. The smallest absolute Gasteiger partial charge is 0.260 e. The number of nitrogens with zero attached hydrogens (tertiary/aromatic N) is 3. The first-order chi connectivity index (χ1) is 14.9. The molecule has 2 aromatic carbocycles. The van der Waals surface area contributed by atoms with Gasteiger partial charge in [0.05, 0.1) is 17.3 Å². The van der Waals surface area contributed by atoms with Crippen LogP contribution >= 0.6 is 0 Å². The predicted octanol–water partition coefficient (Wildman–Crippen LogP) is 3.25. The summed E-state index contributed by atoms with van der Waals surface area (Å²) in [6.45, 7) is 5.59. The molecule has 0 spiro atoms. The molecule has 31 heavy (non-hydrogen) atoms. The Morgan fingerprint density at radius 1 is 1.23 bits per heavy atom. The van der Waals surface area contributed by atoms with E-state index in [9.17, 15) is 13.6 Å². The van der Waals surface area contributed by atoms with Crippen LogP contribution in [0.4, 0.5) is 8.78 Å². The molecule has 5 nitrogen and oxygen atoms in total. The zero-order chi connectivity index (χ0) is 21.8. The molecule has 1 N–H and O–H groups in total. The Morgan fingerprint density at radius 3 is 2.68 bits per heavy atom. The van der Waals surface area contributed by atoms with Gasteiger partial charge in [0.2, 0.25) is 0 Å². The molecule has 2 saturated heterocycles. The van der Waals surface area contributed by atoms with Gasteiger partial charge in [-0.15, -0.1) is 0 Å². The third-order valence-electron chi connectivity index (χ3n) is 7.00. The van der Waals surface area contributed by atoms with Crippen molar-refractivity contribution in [1.82, 2.24) is 15.2 Å². The molecule has 2 fully saturated rings. The minimum atomic E-state index is -0.780. The third-order valence-corrected chi connectivity index (χ3v) is 7.00. The van der Waals surface area contributed by atoms with Crippen LogP contribution in [0, 0.1) is 11.6 Å². The molecule has 0 radical (unpaired) electrons. The van der Waals surface area contributed by atoms with E-state index in [-0.39, 0.29) is 17.5 Å². The normalized spacial score (nSPS) is 28.8. The Labute approximate surface area is 180 Å². The van der Waals surface area contributed by atoms with Crippen LogP contribution in [0.5, 0.6) is 0 Å². The average molecular weight is 424 g/mol. The van der Waals surface area contributed by atoms with Crippen LogP contribution in [0.15, 0.2) is 53.6 Å². The van der Waals surface area contributed by atoms with Crippen molar-refractivity contribution in [2.75, 3.05) is 13.1 Å². The summed E-state index contributed by atoms with van der Waals surface area (Å²) >= 11 is 0. The Morgan fingerprint density at radius 2 is 2.00 bits per heavy atom. The fourth-order valence-electron chi connectivity index (χ4n) is 5.24. The zero-order valence-electron chi connectivity index (χ0n) is 17.7. The van der Waals surface area contributed by atoms with Crippen molar-refractivity contribution in [2.45, 2.75) is 50.4 Å². The van der Waals surface area contributed by atoms with Gasteiger partial charge in [-0.25, -0.2) is 13.8 Å². The van der Waals surface area contributed by atoms with Gasteiger partial charge in [0, 0.05) is 37.2 Å². The van der Waals surface area contributed by atoms with Crippen molar-refractivity contribution in [2.24, 2.45) is 5.10 Å². The molecule has 2 aromatic rings. The maximum absolute atomic E-state index is 14.5. The Kier molecular flexibility index (Phi) is 4.90. The van der Waals surface area contributed by atoms with Gasteiger partial charge in [-0.05, 0) is 44.0 Å². The molecule has 0 saturated carbocycles. The monoisotopic (exact) mass is 424 g/mol. The van der Waals surface area contributed by atoms with Crippen LogP contribution in [-0.2, 0) is 10.3 Å². The van der Waals surface area contributed by atoms with Crippen LogP contribution in [0.1, 0.15) is 37.8 Å². The topological polar surface area (TPSA) is 47.9 Å². The van der Waals surface area contributed by atoms with Crippen LogP contribution < -0.4 is 5.32 Å². The summed E-state index contributed by atoms with van der Waals surface area (Å²) in [4.78, 5) is 16.0. The maximum Gasteiger partial charge on any atom is 0.260 e. The first-order valence-electron chi connectivity index (χ1n) is 10.8. The van der Waals surface area contributed by atoms with Crippen LogP contribution in [0.3, 0.4) is 0 Å². The lowest BCUT2D eigenvalue weighted by Gasteiger charge is -2.38. The summed E-state index contributed by atoms with van der Waals surface area (Å²) in [5.41, 5.74) is 0.622. The molecular weight excluding hydrogens is 398 g/mol. The molecule has 162 valence electrons. The molecule has 2 unspecified atom stereocenters. The van der Waals surface area contributed by atoms with Gasteiger partial charge in [0.15, 0.2) is 0 Å². The number of amides is 1. The summed E-state index contributed by atoms with van der Waals surface area (Å²) < 4.78 is 28.4. The number of piperazine rings is 1. The fourth-order valence-corrected chi connectivity index (χ4v) is 5.24. The molecule has 4 atom stereocenters. The quantitative estimate of drug-likeness (QED) is 0.820. The third kappa shape index (κ3) is 3.36. The fraction of sp³-hybridized carbons (Fsp3) is 0.417. The predicted molar refractivity (Wildman–Crippen MR) is 115 cm³/mol. The van der Waals surface area contributed by atoms with Gasteiger partial charge in [0.1, 0.15) is 11.6 Å². The van der Waals surface area contributed by atoms with E-state index >= 15 is 0 Å². The summed E-state index contributed by atoms with van der Waals surface area (Å²) in [5.74, 6) is -1.19. The number of fused-ring (bicyclic) bond motifs is 2. The van der Waals surface area contributed by atoms with Gasteiger partial charge >= 0.3 is 0 Å². The standard InChI is InChI=1S/C24H26F2N4O/c1-15(29-14-18-11-19(29)13-27-18)23(31)30-24(2,16-6-4-3-5-7-16)12-22(28-30)20-10-17(25)8-9-21(20)26/h3-10,15,18-19,27H,11-14H2,1-2H3/t15?,18-,19+,24?/m0/s1. The number of likely N-dealkylation sites (tertiary alicyclic amines) is 1. The summed E-state index contributed by atoms with van der Waals surface area (Å²) in [5, 5.41) is 9.56. The molecule has 3 aliphatic heterocycles. The highest BCUT2D eigenvalue weighted by Crippen LogP contribution is 2.40. The van der Waals surface area contributed by atoms with E-state index in [4.69, 9.17) is 0 Å². The van der Waals surface area contributed by atoms with Gasteiger partial charge < -0.3 is 5.32 Å². The van der Waals surface area contributed by atoms with E-state index in [0.717, 1.165) is 43.3 Å². The number of rotatable bonds is 4. The van der Waals surface area contributed by atoms with Crippen molar-refractivity contribution >= 4 is 11.6 Å². The van der Waals surface area contributed by atoms with E-state index in [1.54, 1.807) is 0 Å². The van der Waals surface area contributed by atoms with Gasteiger partial charge in [0.25, 0.3) is 5.91 Å². The Bertz CT molecular complexity index is 1040. The first kappa shape index (κ1) is 20.3. The number of halogens is 2. The highest BCUT2D eigenvalue weighted by Gasteiger charge is 2.48. The Hall–Kier alpha value is -2.64. The van der Waals surface area contributed by atoms with Gasteiger partial charge in [-0.3, -0.25) is 9.69 Å². The number of carbonyl (C=O) groups excluding carboxylic acids is 1. The number of benzene rings is 2. The van der Waals surface area contributed by atoms with Crippen LogP contribution in [0.25, 0.3) is 0 Å². The van der Waals surface area contributed by atoms with E-state index in [1.165, 1.54) is 5.01 Å². The molecule has 3 aliphatic rings. The number of hydrogen-bond donors (Lipinski definition) is 1. The number of hydrazone groups is 1. The molecule has 5 rings (SSSR count). The lowest BCUT2D eigenvalue weighted by molar-refractivity contribution is -0.142. The molecule has 7 heteroatoms. The number of carbonyl (C=O) groups is 1. The molecular formula is C24H26F2N4O. The van der Waals surface area contributed by atoms with Crippen molar-refractivity contribution in [3.8, 4) is 0 Å². The number of hydrogen-bond acceptors (Lipinski definition) is 4. The molecule has 0 aliphatic carbocycles. The van der Waals surface area contributed by atoms with Crippen molar-refractivity contribution in [3.63, 3.8) is 0 Å². The van der Waals surface area contributed by atoms with Crippen molar-refractivity contribution in [3.05, 3.63) is 71.3 Å². The Balaban J connectivity index is 1.52. The zero-order valence-corrected chi connectivity index (χ0v) is 17.7. The molecule has 1 amide bonds. The number of nitrogens with one attached hydrogen (secondary N) is 1. The van der Waals surface area contributed by atoms with E-state index in [2.05, 4.69) is 15.3 Å². The largest absolute Gasteiger partial charge is 0.311 e. The molecule has 0 aromatic heterocycles. The SMILES string of the molecule is CC(C(=O)N1N=C(c2cc(F)ccc2F)CC1(C)c1ccccc1)N1C[C@@H]2C[C@@H]1CN2. The first-order valence-corrected chi connectivity index (χ1v) is 10.8. The molecule has 3 heterocycles. The second-order valence-electron chi connectivity index (χ2n) is 9.01. The lowest BCUT2D eigenvalue weighted by atomic mass is 9.85. The van der Waals surface area contributed by atoms with Gasteiger partial charge in [-0.1, -0.05) is 30.3 Å². The van der Waals surface area contributed by atoms with Crippen LogP contribution in [-0.4, -0.2) is 52.7 Å². The van der Waals surface area contributed by atoms with E-state index in [0.29, 0.717) is 24.2 Å².